The Morgan fingerprint density at radius 1 is 0.640 bits per heavy atom. The third-order valence-electron chi connectivity index (χ3n) is 4.42. The van der Waals surface area contributed by atoms with E-state index in [1.54, 1.807) is 27.7 Å². The molecule has 0 N–H and O–H groups in total. The van der Waals surface area contributed by atoms with E-state index in [9.17, 15) is 19.8 Å². The summed E-state index contributed by atoms with van der Waals surface area (Å²) in [6.07, 6.45) is 10.5. The minimum atomic E-state index is -0.931. The van der Waals surface area contributed by atoms with E-state index < -0.39 is 22.8 Å². The monoisotopic (exact) mass is 397 g/mol. The van der Waals surface area contributed by atoms with E-state index in [1.807, 2.05) is 0 Å². The van der Waals surface area contributed by atoms with Gasteiger partial charge in [0.2, 0.25) is 0 Å². The molecule has 4 nitrogen and oxygen atoms in total. The summed E-state index contributed by atoms with van der Waals surface area (Å²) in [4.78, 5) is 21.1. The number of carboxylic acids is 2. The fourth-order valence-corrected chi connectivity index (χ4v) is 2.19. The molecule has 1 radical (unpaired) electrons. The summed E-state index contributed by atoms with van der Waals surface area (Å²) >= 11 is 0. The van der Waals surface area contributed by atoms with Gasteiger partial charge in [-0.3, -0.25) is 0 Å². The molecule has 149 valence electrons. The number of rotatable bonds is 12. The molecule has 0 saturated heterocycles. The van der Waals surface area contributed by atoms with Crippen LogP contribution < -0.4 is 10.2 Å². The van der Waals surface area contributed by atoms with E-state index >= 15 is 0 Å². The summed E-state index contributed by atoms with van der Waals surface area (Å²) in [5, 5.41) is 21.1. The Kier molecular flexibility index (Phi) is 18.4. The van der Waals surface area contributed by atoms with E-state index in [2.05, 4.69) is 13.8 Å². The van der Waals surface area contributed by atoms with Crippen molar-refractivity contribution < 1.29 is 36.9 Å². The van der Waals surface area contributed by atoms with Gasteiger partial charge in [-0.25, -0.2) is 0 Å². The van der Waals surface area contributed by atoms with Crippen molar-refractivity contribution in [2.24, 2.45) is 10.8 Å². The van der Waals surface area contributed by atoms with Gasteiger partial charge in [-0.1, -0.05) is 92.9 Å². The van der Waals surface area contributed by atoms with Crippen LogP contribution in [0.2, 0.25) is 0 Å². The first-order valence-corrected chi connectivity index (χ1v) is 9.44. The van der Waals surface area contributed by atoms with Crippen molar-refractivity contribution in [1.29, 1.82) is 0 Å². The average Bonchev–Trinajstić information content (AvgIpc) is 2.48. The molecule has 0 bridgehead atoms. The molecule has 0 aliphatic rings. The van der Waals surface area contributed by atoms with Crippen LogP contribution in [-0.4, -0.2) is 11.9 Å². The summed E-state index contributed by atoms with van der Waals surface area (Å²) in [5.41, 5.74) is -1.29. The zero-order valence-corrected chi connectivity index (χ0v) is 18.3. The first-order valence-electron chi connectivity index (χ1n) is 9.44. The summed E-state index contributed by atoms with van der Waals surface area (Å²) in [6, 6.07) is 0. The first kappa shape index (κ1) is 29.2. The van der Waals surface area contributed by atoms with Gasteiger partial charge >= 0.3 is 17.1 Å². The van der Waals surface area contributed by atoms with Crippen LogP contribution in [0.25, 0.3) is 0 Å². The number of hydrogen-bond acceptors (Lipinski definition) is 4. The van der Waals surface area contributed by atoms with Crippen LogP contribution in [0.4, 0.5) is 0 Å². The van der Waals surface area contributed by atoms with Crippen molar-refractivity contribution in [2.75, 3.05) is 0 Å². The Bertz CT molecular complexity index is 318. The van der Waals surface area contributed by atoms with Crippen LogP contribution in [0.5, 0.6) is 0 Å². The maximum atomic E-state index is 10.6. The minimum absolute atomic E-state index is 0. The van der Waals surface area contributed by atoms with Gasteiger partial charge in [0, 0.05) is 22.8 Å². The second kappa shape index (κ2) is 15.7. The smallest absolute Gasteiger partial charge is 0.550 e. The largest absolute Gasteiger partial charge is 2.00 e. The molecular formula is C20H38MnO4. The zero-order chi connectivity index (χ0) is 19.2. The number of hydrogen-bond donors (Lipinski definition) is 0. The summed E-state index contributed by atoms with van der Waals surface area (Å²) in [7, 11) is 0. The number of carbonyl (C=O) groups is 2. The van der Waals surface area contributed by atoms with E-state index in [4.69, 9.17) is 0 Å². The van der Waals surface area contributed by atoms with Gasteiger partial charge in [0.15, 0.2) is 0 Å². The van der Waals surface area contributed by atoms with Gasteiger partial charge in [-0.15, -0.1) is 0 Å². The molecule has 0 aliphatic carbocycles. The number of carbonyl (C=O) groups excluding carboxylic acids is 2. The molecule has 0 fully saturated rings. The minimum Gasteiger partial charge on any atom is -0.550 e. The fraction of sp³-hybridized carbons (Fsp3) is 0.900. The van der Waals surface area contributed by atoms with Gasteiger partial charge in [-0.05, 0) is 12.8 Å². The number of carboxylic acid groups (broad SMARTS) is 2. The van der Waals surface area contributed by atoms with Crippen molar-refractivity contribution in [3.05, 3.63) is 0 Å². The van der Waals surface area contributed by atoms with Gasteiger partial charge in [0.05, 0.1) is 0 Å². The Morgan fingerprint density at radius 2 is 0.920 bits per heavy atom. The van der Waals surface area contributed by atoms with Crippen LogP contribution in [0, 0.1) is 10.8 Å². The molecule has 0 atom stereocenters. The molecular weight excluding hydrogens is 359 g/mol. The third kappa shape index (κ3) is 16.7. The fourth-order valence-electron chi connectivity index (χ4n) is 2.19. The Balaban J connectivity index is -0.000000372. The molecule has 0 spiro atoms. The summed E-state index contributed by atoms with van der Waals surface area (Å²) in [5.74, 6) is -1.86. The van der Waals surface area contributed by atoms with Gasteiger partial charge in [-0.2, -0.15) is 0 Å². The summed E-state index contributed by atoms with van der Waals surface area (Å²) < 4.78 is 0. The maximum absolute atomic E-state index is 10.6. The topological polar surface area (TPSA) is 80.3 Å². The first-order chi connectivity index (χ1) is 11.0. The van der Waals surface area contributed by atoms with Crippen LogP contribution in [0.15, 0.2) is 0 Å². The molecule has 0 aromatic rings. The normalized spacial score (nSPS) is 11.1. The Hall–Kier alpha value is -0.541. The summed E-state index contributed by atoms with van der Waals surface area (Å²) in [6.45, 7) is 11.2. The number of unbranched alkanes of at least 4 members (excludes halogenated alkanes) is 6. The van der Waals surface area contributed by atoms with Gasteiger partial charge < -0.3 is 19.8 Å². The van der Waals surface area contributed by atoms with E-state index in [1.165, 1.54) is 25.7 Å². The van der Waals surface area contributed by atoms with E-state index in [-0.39, 0.29) is 17.1 Å². The molecule has 5 heteroatoms. The van der Waals surface area contributed by atoms with E-state index in [0.717, 1.165) is 38.5 Å². The Labute approximate surface area is 165 Å². The quantitative estimate of drug-likeness (QED) is 0.373. The van der Waals surface area contributed by atoms with Crippen LogP contribution >= 0.6 is 0 Å². The molecule has 0 aromatic carbocycles. The van der Waals surface area contributed by atoms with Crippen molar-refractivity contribution in [2.45, 2.75) is 106 Å². The second-order valence-corrected chi connectivity index (χ2v) is 7.96. The molecule has 0 rings (SSSR count). The molecule has 0 amide bonds. The predicted octanol–water partition coefficient (Wildman–Crippen LogP) is 3.46. The van der Waals surface area contributed by atoms with Crippen LogP contribution in [0.1, 0.15) is 106 Å². The van der Waals surface area contributed by atoms with Crippen molar-refractivity contribution in [3.63, 3.8) is 0 Å². The Morgan fingerprint density at radius 3 is 1.12 bits per heavy atom. The SMILES string of the molecule is CCCCCCC(C)(C)C(=O)[O-].CCCCCCC(C)(C)C(=O)[O-].[Mn+2]. The molecule has 0 heterocycles. The predicted molar refractivity (Wildman–Crippen MR) is 95.1 cm³/mol. The van der Waals surface area contributed by atoms with Gasteiger partial charge in [0.25, 0.3) is 0 Å². The average molecular weight is 397 g/mol. The molecule has 0 aliphatic heterocycles. The van der Waals surface area contributed by atoms with Gasteiger partial charge in [0.1, 0.15) is 0 Å². The van der Waals surface area contributed by atoms with Crippen LogP contribution in [-0.2, 0) is 26.7 Å². The molecule has 0 saturated carbocycles. The van der Waals surface area contributed by atoms with Crippen molar-refractivity contribution >= 4 is 11.9 Å². The number of aliphatic carboxylic acids is 2. The van der Waals surface area contributed by atoms with Crippen LogP contribution in [0.3, 0.4) is 0 Å². The second-order valence-electron chi connectivity index (χ2n) is 7.96. The molecule has 0 aromatic heterocycles. The molecule has 25 heavy (non-hydrogen) atoms. The maximum Gasteiger partial charge on any atom is 2.00 e. The third-order valence-corrected chi connectivity index (χ3v) is 4.42. The zero-order valence-electron chi connectivity index (χ0n) is 17.1. The standard InChI is InChI=1S/2C10H20O2.Mn/c2*1-4-5-6-7-8-10(2,3)9(11)12;/h2*4-8H2,1-3H3,(H,11,12);/q;;+2/p-2. The van der Waals surface area contributed by atoms with Crippen molar-refractivity contribution in [3.8, 4) is 0 Å². The molecule has 0 unspecified atom stereocenters. The van der Waals surface area contributed by atoms with E-state index in [0.29, 0.717) is 0 Å². The van der Waals surface area contributed by atoms with Crippen molar-refractivity contribution in [1.82, 2.24) is 0 Å².